The monoisotopic (exact) mass is 265 g/mol. The van der Waals surface area contributed by atoms with E-state index >= 15 is 0 Å². The van der Waals surface area contributed by atoms with Crippen molar-refractivity contribution in [3.05, 3.63) is 38.4 Å². The number of benzene rings is 1. The Labute approximate surface area is 102 Å². The van der Waals surface area contributed by atoms with Crippen LogP contribution >= 0.6 is 35.0 Å². The average Bonchev–Trinajstić information content (AvgIpc) is 2.16. The molecule has 15 heavy (non-hydrogen) atoms. The maximum absolute atomic E-state index is 10.4. The van der Waals surface area contributed by atoms with Crippen molar-refractivity contribution < 1.29 is 4.92 Å². The molecule has 1 rings (SSSR count). The molecular weight excluding hydrogens is 257 g/mol. The van der Waals surface area contributed by atoms with Gasteiger partial charge in [0.25, 0.3) is 0 Å². The van der Waals surface area contributed by atoms with Crippen molar-refractivity contribution in [3.63, 3.8) is 0 Å². The Morgan fingerprint density at radius 1 is 1.47 bits per heavy atom. The lowest BCUT2D eigenvalue weighted by molar-refractivity contribution is -0.511. The first-order chi connectivity index (χ1) is 7.02. The molecule has 0 amide bonds. The lowest BCUT2D eigenvalue weighted by Gasteiger charge is -2.07. The SMILES string of the molecule is CC(CSc1c(Cl)cccc1Cl)[N+](=O)[O-]. The third kappa shape index (κ3) is 3.55. The summed E-state index contributed by atoms with van der Waals surface area (Å²) in [5.74, 6) is 0.358. The molecule has 0 bridgehead atoms. The van der Waals surface area contributed by atoms with E-state index in [0.29, 0.717) is 20.7 Å². The van der Waals surface area contributed by atoms with Crippen LogP contribution in [0.25, 0.3) is 0 Å². The number of hydrogen-bond acceptors (Lipinski definition) is 3. The van der Waals surface area contributed by atoms with Crippen molar-refractivity contribution in [1.29, 1.82) is 0 Å². The van der Waals surface area contributed by atoms with Crippen LogP contribution in [0.1, 0.15) is 6.92 Å². The summed E-state index contributed by atoms with van der Waals surface area (Å²) >= 11 is 13.1. The predicted molar refractivity (Wildman–Crippen MR) is 63.6 cm³/mol. The second kappa shape index (κ2) is 5.58. The van der Waals surface area contributed by atoms with Crippen LogP contribution in [-0.2, 0) is 0 Å². The van der Waals surface area contributed by atoms with Crippen molar-refractivity contribution in [1.82, 2.24) is 0 Å². The molecule has 3 nitrogen and oxygen atoms in total. The fraction of sp³-hybridized carbons (Fsp3) is 0.333. The molecule has 1 unspecified atom stereocenters. The molecule has 1 aromatic carbocycles. The van der Waals surface area contributed by atoms with Crippen LogP contribution in [0.4, 0.5) is 0 Å². The van der Waals surface area contributed by atoms with Crippen molar-refractivity contribution in [2.24, 2.45) is 0 Å². The highest BCUT2D eigenvalue weighted by molar-refractivity contribution is 7.99. The summed E-state index contributed by atoms with van der Waals surface area (Å²) in [6.07, 6.45) is 0. The molecular formula is C9H9Cl2NO2S. The molecule has 0 aliphatic heterocycles. The first kappa shape index (κ1) is 12.6. The Hall–Kier alpha value is -0.450. The molecule has 0 aliphatic rings. The van der Waals surface area contributed by atoms with Gasteiger partial charge in [-0.15, -0.1) is 11.8 Å². The minimum absolute atomic E-state index is 0.322. The second-order valence-corrected chi connectivity index (χ2v) is 4.84. The van der Waals surface area contributed by atoms with E-state index in [4.69, 9.17) is 23.2 Å². The van der Waals surface area contributed by atoms with Crippen LogP contribution in [0.3, 0.4) is 0 Å². The fourth-order valence-corrected chi connectivity index (χ4v) is 2.55. The lowest BCUT2D eigenvalue weighted by Crippen LogP contribution is -2.17. The van der Waals surface area contributed by atoms with Crippen molar-refractivity contribution >= 4 is 35.0 Å². The highest BCUT2D eigenvalue weighted by Gasteiger charge is 2.15. The number of hydrogen-bond donors (Lipinski definition) is 0. The van der Waals surface area contributed by atoms with Crippen molar-refractivity contribution in [3.8, 4) is 0 Å². The molecule has 1 atom stereocenters. The summed E-state index contributed by atoms with van der Waals surface area (Å²) in [5.41, 5.74) is 0. The van der Waals surface area contributed by atoms with E-state index in [1.807, 2.05) is 0 Å². The summed E-state index contributed by atoms with van der Waals surface area (Å²) in [6.45, 7) is 1.55. The molecule has 0 radical (unpaired) electrons. The van der Waals surface area contributed by atoms with Gasteiger partial charge in [0.05, 0.1) is 15.8 Å². The minimum Gasteiger partial charge on any atom is -0.264 e. The van der Waals surface area contributed by atoms with Crippen LogP contribution in [0, 0.1) is 10.1 Å². The molecule has 0 aliphatic carbocycles. The van der Waals surface area contributed by atoms with Gasteiger partial charge < -0.3 is 0 Å². The topological polar surface area (TPSA) is 43.1 Å². The molecule has 0 aromatic heterocycles. The van der Waals surface area contributed by atoms with E-state index in [-0.39, 0.29) is 4.92 Å². The lowest BCUT2D eigenvalue weighted by atomic mass is 10.4. The Morgan fingerprint density at radius 2 is 2.00 bits per heavy atom. The third-order valence-electron chi connectivity index (χ3n) is 1.75. The molecule has 0 saturated heterocycles. The van der Waals surface area contributed by atoms with Gasteiger partial charge in [0.2, 0.25) is 6.04 Å². The smallest absolute Gasteiger partial charge is 0.219 e. The van der Waals surface area contributed by atoms with Gasteiger partial charge in [-0.1, -0.05) is 29.3 Å². The first-order valence-electron chi connectivity index (χ1n) is 4.22. The highest BCUT2D eigenvalue weighted by Crippen LogP contribution is 2.34. The molecule has 0 spiro atoms. The highest BCUT2D eigenvalue weighted by atomic mass is 35.5. The standard InChI is InChI=1S/C9H9Cl2NO2S/c1-6(12(13)14)5-15-9-7(10)3-2-4-8(9)11/h2-4,6H,5H2,1H3. The van der Waals surface area contributed by atoms with Gasteiger partial charge in [0.1, 0.15) is 0 Å². The zero-order valence-corrected chi connectivity index (χ0v) is 10.3. The number of thioether (sulfide) groups is 1. The van der Waals surface area contributed by atoms with Crippen LogP contribution in [0.2, 0.25) is 10.0 Å². The van der Waals surface area contributed by atoms with Crippen LogP contribution in [0.15, 0.2) is 23.1 Å². The largest absolute Gasteiger partial charge is 0.264 e. The van der Waals surface area contributed by atoms with E-state index < -0.39 is 6.04 Å². The van der Waals surface area contributed by atoms with Gasteiger partial charge in [-0.25, -0.2) is 0 Å². The quantitative estimate of drug-likeness (QED) is 0.473. The van der Waals surface area contributed by atoms with E-state index in [0.717, 1.165) is 0 Å². The summed E-state index contributed by atoms with van der Waals surface area (Å²) in [6, 6.07) is 4.56. The maximum atomic E-state index is 10.4. The van der Waals surface area contributed by atoms with Crippen molar-refractivity contribution in [2.75, 3.05) is 5.75 Å². The van der Waals surface area contributed by atoms with Gasteiger partial charge in [0.15, 0.2) is 0 Å². The predicted octanol–water partition coefficient (Wildman–Crippen LogP) is 3.75. The van der Waals surface area contributed by atoms with Gasteiger partial charge in [-0.05, 0) is 12.1 Å². The summed E-state index contributed by atoms with van der Waals surface area (Å²) in [4.78, 5) is 10.8. The minimum atomic E-state index is -0.609. The number of rotatable bonds is 4. The Kier molecular flexibility index (Phi) is 4.70. The first-order valence-corrected chi connectivity index (χ1v) is 5.97. The zero-order chi connectivity index (χ0) is 11.4. The Bertz CT molecular complexity index is 353. The number of nitro groups is 1. The third-order valence-corrected chi connectivity index (χ3v) is 3.98. The molecule has 1 aromatic rings. The number of nitrogens with zero attached hydrogens (tertiary/aromatic N) is 1. The van der Waals surface area contributed by atoms with Crippen molar-refractivity contribution in [2.45, 2.75) is 17.9 Å². The van der Waals surface area contributed by atoms with Crippen LogP contribution in [0.5, 0.6) is 0 Å². The molecule has 0 heterocycles. The average molecular weight is 266 g/mol. The van der Waals surface area contributed by atoms with E-state index in [9.17, 15) is 10.1 Å². The van der Waals surface area contributed by atoms with E-state index in [2.05, 4.69) is 0 Å². The van der Waals surface area contributed by atoms with E-state index in [1.165, 1.54) is 11.8 Å². The Morgan fingerprint density at radius 3 is 2.47 bits per heavy atom. The molecule has 82 valence electrons. The van der Waals surface area contributed by atoms with Gasteiger partial charge in [0, 0.05) is 16.7 Å². The maximum Gasteiger partial charge on any atom is 0.219 e. The van der Waals surface area contributed by atoms with E-state index in [1.54, 1.807) is 25.1 Å². The molecule has 0 N–H and O–H groups in total. The zero-order valence-electron chi connectivity index (χ0n) is 7.94. The fourth-order valence-electron chi connectivity index (χ4n) is 0.885. The van der Waals surface area contributed by atoms with Gasteiger partial charge >= 0.3 is 0 Å². The summed E-state index contributed by atoms with van der Waals surface area (Å²) in [5, 5.41) is 11.5. The summed E-state index contributed by atoms with van der Waals surface area (Å²) < 4.78 is 0. The molecule has 6 heteroatoms. The number of halogens is 2. The van der Waals surface area contributed by atoms with Crippen LogP contribution < -0.4 is 0 Å². The Balaban J connectivity index is 2.69. The molecule has 0 saturated carbocycles. The van der Waals surface area contributed by atoms with Gasteiger partial charge in [-0.3, -0.25) is 10.1 Å². The van der Waals surface area contributed by atoms with Gasteiger partial charge in [-0.2, -0.15) is 0 Å². The van der Waals surface area contributed by atoms with Crippen LogP contribution in [-0.4, -0.2) is 16.7 Å². The summed E-state index contributed by atoms with van der Waals surface area (Å²) in [7, 11) is 0. The normalized spacial score (nSPS) is 12.5. The molecule has 0 fully saturated rings. The second-order valence-electron chi connectivity index (χ2n) is 3.00.